The Morgan fingerprint density at radius 1 is 1.04 bits per heavy atom. The highest BCUT2D eigenvalue weighted by atomic mass is 16.8. The fraction of sp³-hybridized carbons (Fsp3) is 0.938. The number of ether oxygens (including phenoxy) is 3. The van der Waals surface area contributed by atoms with E-state index in [0.29, 0.717) is 19.3 Å². The Morgan fingerprint density at radius 3 is 2.26 bits per heavy atom. The van der Waals surface area contributed by atoms with Crippen molar-refractivity contribution < 1.29 is 34.3 Å². The molecule has 0 aromatic heterocycles. The molecule has 2 saturated carbocycles. The highest BCUT2D eigenvalue weighted by Crippen LogP contribution is 2.45. The van der Waals surface area contributed by atoms with Gasteiger partial charge in [-0.05, 0) is 19.3 Å². The lowest BCUT2D eigenvalue weighted by molar-refractivity contribution is -0.211. The molecule has 132 valence electrons. The standard InChI is InChI=1S/C16H26O7/c1-2-6-9(17)21-13-10(18)11(19)14-15(12(13)20)23-16(22-14)7-4-3-5-8-16/h10-15,18-20H,2-8H2,1H3/t10-,11-,12-,13+,14-,15+/m1/s1. The lowest BCUT2D eigenvalue weighted by Gasteiger charge is -2.40. The van der Waals surface area contributed by atoms with Crippen LogP contribution in [0.25, 0.3) is 0 Å². The van der Waals surface area contributed by atoms with Crippen molar-refractivity contribution in [3.8, 4) is 0 Å². The molecule has 7 heteroatoms. The van der Waals surface area contributed by atoms with Gasteiger partial charge in [0.05, 0.1) is 0 Å². The summed E-state index contributed by atoms with van der Waals surface area (Å²) in [5.74, 6) is -1.30. The summed E-state index contributed by atoms with van der Waals surface area (Å²) in [5.41, 5.74) is 0. The minimum Gasteiger partial charge on any atom is -0.457 e. The maximum absolute atomic E-state index is 11.7. The topological polar surface area (TPSA) is 105 Å². The van der Waals surface area contributed by atoms with Crippen molar-refractivity contribution >= 4 is 5.97 Å². The van der Waals surface area contributed by atoms with Crippen LogP contribution in [0.15, 0.2) is 0 Å². The zero-order chi connectivity index (χ0) is 16.6. The van der Waals surface area contributed by atoms with Crippen LogP contribution in [0.3, 0.4) is 0 Å². The van der Waals surface area contributed by atoms with Crippen LogP contribution in [0.5, 0.6) is 0 Å². The Kier molecular flexibility index (Phi) is 4.94. The lowest BCUT2D eigenvalue weighted by Crippen LogP contribution is -2.63. The molecule has 1 heterocycles. The van der Waals surface area contributed by atoms with Gasteiger partial charge in [0.25, 0.3) is 0 Å². The minimum absolute atomic E-state index is 0.196. The number of esters is 1. The van der Waals surface area contributed by atoms with E-state index in [1.807, 2.05) is 6.92 Å². The highest BCUT2D eigenvalue weighted by molar-refractivity contribution is 5.69. The van der Waals surface area contributed by atoms with Crippen LogP contribution >= 0.6 is 0 Å². The molecule has 0 amide bonds. The van der Waals surface area contributed by atoms with E-state index in [-0.39, 0.29) is 6.42 Å². The number of fused-ring (bicyclic) bond motifs is 1. The summed E-state index contributed by atoms with van der Waals surface area (Å²) in [6, 6.07) is 0. The number of carbonyl (C=O) groups is 1. The molecule has 3 fully saturated rings. The van der Waals surface area contributed by atoms with Crippen molar-refractivity contribution in [1.82, 2.24) is 0 Å². The molecule has 1 spiro atoms. The Bertz CT molecular complexity index is 434. The van der Waals surface area contributed by atoms with Gasteiger partial charge in [0.15, 0.2) is 11.9 Å². The first-order valence-electron chi connectivity index (χ1n) is 8.57. The molecule has 0 unspecified atom stereocenters. The summed E-state index contributed by atoms with van der Waals surface area (Å²) in [5, 5.41) is 31.1. The van der Waals surface area contributed by atoms with Gasteiger partial charge in [0.2, 0.25) is 0 Å². The normalized spacial score (nSPS) is 42.4. The van der Waals surface area contributed by atoms with Crippen molar-refractivity contribution in [2.45, 2.75) is 94.3 Å². The van der Waals surface area contributed by atoms with Gasteiger partial charge < -0.3 is 29.5 Å². The van der Waals surface area contributed by atoms with Gasteiger partial charge in [-0.15, -0.1) is 0 Å². The monoisotopic (exact) mass is 330 g/mol. The fourth-order valence-corrected chi connectivity index (χ4v) is 3.84. The molecule has 0 bridgehead atoms. The van der Waals surface area contributed by atoms with Gasteiger partial charge in [0.1, 0.15) is 30.5 Å². The third kappa shape index (κ3) is 3.13. The molecule has 2 aliphatic carbocycles. The van der Waals surface area contributed by atoms with E-state index >= 15 is 0 Å². The van der Waals surface area contributed by atoms with Crippen LogP contribution in [0, 0.1) is 0 Å². The molecule has 3 N–H and O–H groups in total. The SMILES string of the molecule is CCCC(=O)O[C@H]1[C@H](O)[C@@H](O)[C@H]2OC3(CCCCC3)O[C@H]2[C@@H]1O. The predicted octanol–water partition coefficient (Wildman–Crippen LogP) is 0.239. The molecule has 6 atom stereocenters. The van der Waals surface area contributed by atoms with E-state index < -0.39 is 48.4 Å². The smallest absolute Gasteiger partial charge is 0.306 e. The maximum Gasteiger partial charge on any atom is 0.306 e. The maximum atomic E-state index is 11.7. The fourth-order valence-electron chi connectivity index (χ4n) is 3.84. The quantitative estimate of drug-likeness (QED) is 0.637. The van der Waals surface area contributed by atoms with Gasteiger partial charge in [0, 0.05) is 19.3 Å². The number of carbonyl (C=O) groups excluding carboxylic acids is 1. The van der Waals surface area contributed by atoms with Gasteiger partial charge in [-0.3, -0.25) is 4.79 Å². The summed E-state index contributed by atoms with van der Waals surface area (Å²) < 4.78 is 17.1. The molecule has 1 saturated heterocycles. The summed E-state index contributed by atoms with van der Waals surface area (Å²) in [7, 11) is 0. The van der Waals surface area contributed by atoms with Gasteiger partial charge in [-0.1, -0.05) is 13.3 Å². The lowest BCUT2D eigenvalue weighted by atomic mass is 9.85. The number of rotatable bonds is 3. The van der Waals surface area contributed by atoms with Gasteiger partial charge >= 0.3 is 5.97 Å². The van der Waals surface area contributed by atoms with E-state index in [0.717, 1.165) is 19.3 Å². The summed E-state index contributed by atoms with van der Waals surface area (Å²) in [6.45, 7) is 1.83. The molecular weight excluding hydrogens is 304 g/mol. The van der Waals surface area contributed by atoms with Crippen LogP contribution in [-0.2, 0) is 19.0 Å². The van der Waals surface area contributed by atoms with Crippen LogP contribution in [-0.4, -0.2) is 63.7 Å². The first kappa shape index (κ1) is 17.1. The molecule has 7 nitrogen and oxygen atoms in total. The summed E-state index contributed by atoms with van der Waals surface area (Å²) in [6.07, 6.45) is -1.44. The predicted molar refractivity (Wildman–Crippen MR) is 78.4 cm³/mol. The van der Waals surface area contributed by atoms with E-state index in [2.05, 4.69) is 0 Å². The van der Waals surface area contributed by atoms with E-state index in [4.69, 9.17) is 14.2 Å². The molecule has 1 aliphatic heterocycles. The Morgan fingerprint density at radius 2 is 1.65 bits per heavy atom. The van der Waals surface area contributed by atoms with Gasteiger partial charge in [-0.25, -0.2) is 0 Å². The molecule has 3 aliphatic rings. The van der Waals surface area contributed by atoms with Crippen molar-refractivity contribution in [2.75, 3.05) is 0 Å². The number of aliphatic hydroxyl groups is 3. The molecule has 23 heavy (non-hydrogen) atoms. The highest BCUT2D eigenvalue weighted by Gasteiger charge is 2.60. The van der Waals surface area contributed by atoms with Crippen LogP contribution in [0.4, 0.5) is 0 Å². The second kappa shape index (κ2) is 6.64. The van der Waals surface area contributed by atoms with E-state index in [9.17, 15) is 20.1 Å². The van der Waals surface area contributed by atoms with Crippen molar-refractivity contribution in [2.24, 2.45) is 0 Å². The largest absolute Gasteiger partial charge is 0.457 e. The van der Waals surface area contributed by atoms with Crippen molar-refractivity contribution in [3.63, 3.8) is 0 Å². The number of aliphatic hydroxyl groups excluding tert-OH is 3. The van der Waals surface area contributed by atoms with E-state index in [1.54, 1.807) is 0 Å². The van der Waals surface area contributed by atoms with E-state index in [1.165, 1.54) is 0 Å². The molecule has 0 aromatic carbocycles. The van der Waals surface area contributed by atoms with Crippen LogP contribution in [0.2, 0.25) is 0 Å². The second-order valence-corrected chi connectivity index (χ2v) is 6.81. The zero-order valence-corrected chi connectivity index (χ0v) is 13.4. The molecule has 3 rings (SSSR count). The number of hydrogen-bond donors (Lipinski definition) is 3. The first-order valence-corrected chi connectivity index (χ1v) is 8.57. The van der Waals surface area contributed by atoms with Crippen molar-refractivity contribution in [1.29, 1.82) is 0 Å². The molecular formula is C16H26O7. The molecule has 0 radical (unpaired) electrons. The average Bonchev–Trinajstić information content (AvgIpc) is 2.90. The van der Waals surface area contributed by atoms with Gasteiger partial charge in [-0.2, -0.15) is 0 Å². The molecule has 0 aromatic rings. The third-order valence-corrected chi connectivity index (χ3v) is 5.06. The van der Waals surface area contributed by atoms with Crippen molar-refractivity contribution in [3.05, 3.63) is 0 Å². The first-order chi connectivity index (χ1) is 11.0. The zero-order valence-electron chi connectivity index (χ0n) is 13.4. The summed E-state index contributed by atoms with van der Waals surface area (Å²) in [4.78, 5) is 11.7. The third-order valence-electron chi connectivity index (χ3n) is 5.06. The summed E-state index contributed by atoms with van der Waals surface area (Å²) >= 11 is 0. The minimum atomic E-state index is -1.39. The average molecular weight is 330 g/mol. The Balaban J connectivity index is 1.74. The Hall–Kier alpha value is -0.730. The Labute approximate surface area is 135 Å². The second-order valence-electron chi connectivity index (χ2n) is 6.81. The van der Waals surface area contributed by atoms with Crippen LogP contribution < -0.4 is 0 Å². The number of hydrogen-bond acceptors (Lipinski definition) is 7. The van der Waals surface area contributed by atoms with Crippen LogP contribution in [0.1, 0.15) is 51.9 Å².